The lowest BCUT2D eigenvalue weighted by Crippen LogP contribution is -2.18. The number of carboxylic acid groups (broad SMARTS) is 1. The van der Waals surface area contributed by atoms with E-state index in [0.717, 1.165) is 35.5 Å². The van der Waals surface area contributed by atoms with Gasteiger partial charge in [-0.15, -0.1) is 0 Å². The number of aromatic nitrogens is 1. The van der Waals surface area contributed by atoms with E-state index in [2.05, 4.69) is 16.0 Å². The lowest BCUT2D eigenvalue weighted by molar-refractivity contribution is 0.0694. The van der Waals surface area contributed by atoms with E-state index in [1.807, 2.05) is 38.1 Å². The number of allylic oxidation sites excluding steroid dienone is 1. The van der Waals surface area contributed by atoms with Crippen molar-refractivity contribution in [2.24, 2.45) is 0 Å². The molecule has 0 saturated heterocycles. The van der Waals surface area contributed by atoms with Gasteiger partial charge in [0.15, 0.2) is 0 Å². The fourth-order valence-corrected chi connectivity index (χ4v) is 4.27. The number of rotatable bonds is 8. The fourth-order valence-electron chi connectivity index (χ4n) is 4.08. The summed E-state index contributed by atoms with van der Waals surface area (Å²) in [5.41, 5.74) is 5.56. The first kappa shape index (κ1) is 20.7. The van der Waals surface area contributed by atoms with Gasteiger partial charge in [0.25, 0.3) is 0 Å². The summed E-state index contributed by atoms with van der Waals surface area (Å²) >= 11 is 6.32. The summed E-state index contributed by atoms with van der Waals surface area (Å²) in [6, 6.07) is 7.71. The minimum absolute atomic E-state index is 0.411. The highest BCUT2D eigenvalue weighted by Crippen LogP contribution is 2.26. The van der Waals surface area contributed by atoms with Crippen molar-refractivity contribution in [1.29, 1.82) is 0 Å². The summed E-state index contributed by atoms with van der Waals surface area (Å²) in [7, 11) is 0. The summed E-state index contributed by atoms with van der Waals surface area (Å²) in [4.78, 5) is 11.9. The van der Waals surface area contributed by atoms with Crippen LogP contribution in [-0.4, -0.2) is 22.2 Å². The van der Waals surface area contributed by atoms with E-state index in [4.69, 9.17) is 11.6 Å². The smallest absolute Gasteiger partial charge is 0.337 e. The number of nitrogens with zero attached hydrogens (tertiary/aromatic N) is 1. The van der Waals surface area contributed by atoms with E-state index in [1.54, 1.807) is 0 Å². The molecule has 0 aliphatic heterocycles. The van der Waals surface area contributed by atoms with Gasteiger partial charge in [-0.3, -0.25) is 0 Å². The summed E-state index contributed by atoms with van der Waals surface area (Å²) in [6.07, 6.45) is 8.40. The van der Waals surface area contributed by atoms with Crippen LogP contribution in [0, 0.1) is 13.8 Å². The van der Waals surface area contributed by atoms with Crippen molar-refractivity contribution in [3.8, 4) is 0 Å². The first-order valence-electron chi connectivity index (χ1n) is 10.0. The number of carboxylic acids is 1. The van der Waals surface area contributed by atoms with E-state index in [0.29, 0.717) is 23.7 Å². The van der Waals surface area contributed by atoms with Gasteiger partial charge < -0.3 is 15.0 Å². The molecule has 1 aromatic carbocycles. The Balaban J connectivity index is 1.75. The average molecular weight is 401 g/mol. The molecular weight excluding hydrogens is 372 g/mol. The minimum Gasteiger partial charge on any atom is -0.478 e. The van der Waals surface area contributed by atoms with E-state index in [1.165, 1.54) is 31.3 Å². The van der Waals surface area contributed by atoms with E-state index in [-0.39, 0.29) is 0 Å². The molecule has 28 heavy (non-hydrogen) atoms. The molecular formula is C23H29ClN2O2. The highest BCUT2D eigenvalue weighted by molar-refractivity contribution is 6.31. The van der Waals surface area contributed by atoms with Crippen molar-refractivity contribution >= 4 is 17.6 Å². The van der Waals surface area contributed by atoms with Crippen LogP contribution in [0.25, 0.3) is 0 Å². The van der Waals surface area contributed by atoms with Crippen LogP contribution in [0.2, 0.25) is 5.02 Å². The van der Waals surface area contributed by atoms with Crippen LogP contribution < -0.4 is 5.32 Å². The Morgan fingerprint density at radius 3 is 2.68 bits per heavy atom. The molecule has 0 unspecified atom stereocenters. The molecule has 0 spiro atoms. The molecule has 150 valence electrons. The van der Waals surface area contributed by atoms with Crippen LogP contribution in [0.15, 0.2) is 35.9 Å². The Labute approximate surface area is 172 Å². The second-order valence-corrected chi connectivity index (χ2v) is 7.95. The Hall–Kier alpha value is -2.04. The topological polar surface area (TPSA) is 54.3 Å². The van der Waals surface area contributed by atoms with Crippen LogP contribution in [0.4, 0.5) is 0 Å². The first-order valence-corrected chi connectivity index (χ1v) is 10.4. The molecule has 0 atom stereocenters. The van der Waals surface area contributed by atoms with Gasteiger partial charge in [0.2, 0.25) is 0 Å². The van der Waals surface area contributed by atoms with Crippen LogP contribution in [0.5, 0.6) is 0 Å². The molecule has 0 radical (unpaired) electrons. The normalized spacial score (nSPS) is 14.2. The monoisotopic (exact) mass is 400 g/mol. The summed E-state index contributed by atoms with van der Waals surface area (Å²) in [6.45, 7) is 5.89. The number of nitrogens with one attached hydrogen (secondary N) is 1. The SMILES string of the molecule is Cc1c(CNCCC2=CCCCC2)c(C(=O)O)c(C)n1Cc1ccccc1Cl. The van der Waals surface area contributed by atoms with Crippen molar-refractivity contribution in [1.82, 2.24) is 9.88 Å². The molecule has 1 aromatic heterocycles. The van der Waals surface area contributed by atoms with Crippen molar-refractivity contribution in [2.45, 2.75) is 59.0 Å². The van der Waals surface area contributed by atoms with Crippen molar-refractivity contribution in [3.63, 3.8) is 0 Å². The zero-order valence-electron chi connectivity index (χ0n) is 16.7. The van der Waals surface area contributed by atoms with Gasteiger partial charge in [-0.2, -0.15) is 0 Å². The Morgan fingerprint density at radius 1 is 1.21 bits per heavy atom. The molecule has 3 rings (SSSR count). The maximum atomic E-state index is 11.9. The molecule has 4 nitrogen and oxygen atoms in total. The van der Waals surface area contributed by atoms with Gasteiger partial charge >= 0.3 is 5.97 Å². The number of carbonyl (C=O) groups is 1. The van der Waals surface area contributed by atoms with Gasteiger partial charge in [-0.25, -0.2) is 4.79 Å². The minimum atomic E-state index is -0.870. The highest BCUT2D eigenvalue weighted by atomic mass is 35.5. The molecule has 0 amide bonds. The molecule has 1 aliphatic carbocycles. The van der Waals surface area contributed by atoms with Crippen molar-refractivity contribution in [3.05, 3.63) is 69.0 Å². The highest BCUT2D eigenvalue weighted by Gasteiger charge is 2.22. The molecule has 0 bridgehead atoms. The van der Waals surface area contributed by atoms with Gasteiger partial charge in [-0.05, 0) is 64.1 Å². The standard InChI is InChI=1S/C23H29ClN2O2/c1-16-20(14-25-13-12-18-8-4-3-5-9-18)22(23(27)28)17(2)26(16)15-19-10-6-7-11-21(19)24/h6-8,10-11,25H,3-5,9,12-15H2,1-2H3,(H,27,28). The average Bonchev–Trinajstić information content (AvgIpc) is 2.92. The second kappa shape index (κ2) is 9.44. The van der Waals surface area contributed by atoms with Gasteiger partial charge in [0, 0.05) is 35.1 Å². The number of benzene rings is 1. The molecule has 0 saturated carbocycles. The predicted octanol–water partition coefficient (Wildman–Crippen LogP) is 5.48. The quantitative estimate of drug-likeness (QED) is 0.455. The number of hydrogen-bond acceptors (Lipinski definition) is 2. The Bertz CT molecular complexity index is 883. The Kier molecular flexibility index (Phi) is 6.97. The van der Waals surface area contributed by atoms with Crippen LogP contribution in [0.1, 0.15) is 65.0 Å². The molecule has 1 aliphatic rings. The lowest BCUT2D eigenvalue weighted by atomic mass is 9.97. The van der Waals surface area contributed by atoms with Crippen molar-refractivity contribution < 1.29 is 9.90 Å². The number of hydrogen-bond donors (Lipinski definition) is 2. The van der Waals surface area contributed by atoms with E-state index >= 15 is 0 Å². The molecule has 0 fully saturated rings. The zero-order chi connectivity index (χ0) is 20.1. The third-order valence-corrected chi connectivity index (χ3v) is 6.09. The van der Waals surface area contributed by atoms with Gasteiger partial charge in [-0.1, -0.05) is 41.4 Å². The summed E-state index contributed by atoms with van der Waals surface area (Å²) in [5, 5.41) is 13.9. The van der Waals surface area contributed by atoms with Crippen LogP contribution in [-0.2, 0) is 13.1 Å². The molecule has 2 aromatic rings. The third-order valence-electron chi connectivity index (χ3n) is 5.72. The fraction of sp³-hybridized carbons (Fsp3) is 0.435. The molecule has 5 heteroatoms. The lowest BCUT2D eigenvalue weighted by Gasteiger charge is -2.13. The zero-order valence-corrected chi connectivity index (χ0v) is 17.5. The largest absolute Gasteiger partial charge is 0.478 e. The van der Waals surface area contributed by atoms with Crippen molar-refractivity contribution in [2.75, 3.05) is 6.54 Å². The summed E-state index contributed by atoms with van der Waals surface area (Å²) < 4.78 is 2.06. The maximum absolute atomic E-state index is 11.9. The predicted molar refractivity (Wildman–Crippen MR) is 114 cm³/mol. The number of aromatic carboxylic acids is 1. The first-order chi connectivity index (χ1) is 13.5. The van der Waals surface area contributed by atoms with Gasteiger partial charge in [0.05, 0.1) is 5.56 Å². The number of halogens is 1. The van der Waals surface area contributed by atoms with Crippen LogP contribution in [0.3, 0.4) is 0 Å². The second-order valence-electron chi connectivity index (χ2n) is 7.54. The molecule has 1 heterocycles. The third kappa shape index (κ3) is 4.68. The summed E-state index contributed by atoms with van der Waals surface area (Å²) in [5.74, 6) is -0.870. The van der Waals surface area contributed by atoms with E-state index in [9.17, 15) is 9.90 Å². The van der Waals surface area contributed by atoms with Gasteiger partial charge in [0.1, 0.15) is 0 Å². The van der Waals surface area contributed by atoms with Crippen LogP contribution >= 0.6 is 11.6 Å². The molecule has 2 N–H and O–H groups in total. The Morgan fingerprint density at radius 2 is 2.00 bits per heavy atom. The maximum Gasteiger partial charge on any atom is 0.337 e. The van der Waals surface area contributed by atoms with E-state index < -0.39 is 5.97 Å².